The summed E-state index contributed by atoms with van der Waals surface area (Å²) >= 11 is 0. The van der Waals surface area contributed by atoms with Crippen molar-refractivity contribution in [2.75, 3.05) is 14.2 Å². The molecule has 0 aliphatic heterocycles. The zero-order valence-electron chi connectivity index (χ0n) is 11.0. The first kappa shape index (κ1) is 13.0. The van der Waals surface area contributed by atoms with Gasteiger partial charge in [0.05, 0.1) is 14.2 Å². The minimum atomic E-state index is -0.0199. The molecule has 2 rings (SSSR count). The van der Waals surface area contributed by atoms with Gasteiger partial charge in [0.2, 0.25) is 0 Å². The second-order valence-electron chi connectivity index (χ2n) is 3.93. The highest BCUT2D eigenvalue weighted by atomic mass is 16.5. The van der Waals surface area contributed by atoms with Gasteiger partial charge < -0.3 is 9.47 Å². The minimum absolute atomic E-state index is 0.0199. The number of carbonyl (C=O) groups excluding carboxylic acids is 1. The number of Topliss-reactive ketones (excluding diaryl/α,β-unsaturated/α-hetero) is 1. The van der Waals surface area contributed by atoms with E-state index >= 15 is 0 Å². The molecule has 1 heterocycles. The van der Waals surface area contributed by atoms with E-state index in [0.717, 1.165) is 11.1 Å². The third-order valence-corrected chi connectivity index (χ3v) is 2.73. The van der Waals surface area contributed by atoms with E-state index < -0.39 is 0 Å². The number of carbonyl (C=O) groups is 1. The summed E-state index contributed by atoms with van der Waals surface area (Å²) in [7, 11) is 3.08. The SMILES string of the molecule is COc1ccc(C(C)=O)c(-c2cnc(OC)nc2)c1. The molecule has 1 aromatic carbocycles. The zero-order valence-corrected chi connectivity index (χ0v) is 11.0. The number of ether oxygens (including phenoxy) is 2. The molecule has 5 heteroatoms. The van der Waals surface area contributed by atoms with Gasteiger partial charge in [-0.15, -0.1) is 0 Å². The van der Waals surface area contributed by atoms with Crippen molar-refractivity contribution in [3.8, 4) is 22.9 Å². The first-order valence-electron chi connectivity index (χ1n) is 5.71. The lowest BCUT2D eigenvalue weighted by Gasteiger charge is -2.09. The Morgan fingerprint density at radius 1 is 1.11 bits per heavy atom. The van der Waals surface area contributed by atoms with Gasteiger partial charge in [0.15, 0.2) is 5.78 Å². The average Bonchev–Trinajstić information content (AvgIpc) is 2.46. The van der Waals surface area contributed by atoms with E-state index in [1.807, 2.05) is 0 Å². The summed E-state index contributed by atoms with van der Waals surface area (Å²) in [4.78, 5) is 19.7. The van der Waals surface area contributed by atoms with Gasteiger partial charge in [0, 0.05) is 23.5 Å². The second kappa shape index (κ2) is 5.48. The molecule has 0 fully saturated rings. The van der Waals surface area contributed by atoms with Crippen molar-refractivity contribution in [3.63, 3.8) is 0 Å². The van der Waals surface area contributed by atoms with Crippen molar-refractivity contribution in [2.45, 2.75) is 6.92 Å². The molecular formula is C14H14N2O3. The summed E-state index contributed by atoms with van der Waals surface area (Å²) in [5, 5.41) is 0. The predicted molar refractivity (Wildman–Crippen MR) is 70.6 cm³/mol. The van der Waals surface area contributed by atoms with Gasteiger partial charge in [-0.2, -0.15) is 0 Å². The quantitative estimate of drug-likeness (QED) is 0.788. The largest absolute Gasteiger partial charge is 0.497 e. The molecule has 98 valence electrons. The first-order valence-corrected chi connectivity index (χ1v) is 5.71. The van der Waals surface area contributed by atoms with E-state index in [9.17, 15) is 4.79 Å². The van der Waals surface area contributed by atoms with Crippen LogP contribution in [-0.2, 0) is 0 Å². The molecule has 0 saturated heterocycles. The second-order valence-corrected chi connectivity index (χ2v) is 3.93. The highest BCUT2D eigenvalue weighted by molar-refractivity contribution is 6.01. The van der Waals surface area contributed by atoms with Crippen LogP contribution in [0.2, 0.25) is 0 Å². The van der Waals surface area contributed by atoms with Crippen LogP contribution in [0.25, 0.3) is 11.1 Å². The van der Waals surface area contributed by atoms with Crippen molar-refractivity contribution in [3.05, 3.63) is 36.2 Å². The third kappa shape index (κ3) is 2.70. The van der Waals surface area contributed by atoms with Crippen LogP contribution in [0.3, 0.4) is 0 Å². The molecule has 1 aromatic heterocycles. The molecule has 2 aromatic rings. The zero-order chi connectivity index (χ0) is 13.8. The topological polar surface area (TPSA) is 61.3 Å². The van der Waals surface area contributed by atoms with Gasteiger partial charge in [-0.3, -0.25) is 4.79 Å². The lowest BCUT2D eigenvalue weighted by Crippen LogP contribution is -1.98. The van der Waals surface area contributed by atoms with Gasteiger partial charge in [-0.25, -0.2) is 9.97 Å². The van der Waals surface area contributed by atoms with E-state index in [1.165, 1.54) is 14.0 Å². The number of aromatic nitrogens is 2. The van der Waals surface area contributed by atoms with Crippen LogP contribution < -0.4 is 9.47 Å². The Kier molecular flexibility index (Phi) is 3.75. The maximum atomic E-state index is 11.7. The van der Waals surface area contributed by atoms with Crippen LogP contribution in [0.15, 0.2) is 30.6 Å². The minimum Gasteiger partial charge on any atom is -0.497 e. The molecule has 0 aliphatic carbocycles. The number of benzene rings is 1. The van der Waals surface area contributed by atoms with Gasteiger partial charge in [0.25, 0.3) is 0 Å². The van der Waals surface area contributed by atoms with Crippen LogP contribution in [-0.4, -0.2) is 30.0 Å². The van der Waals surface area contributed by atoms with Gasteiger partial charge >= 0.3 is 6.01 Å². The number of methoxy groups -OCH3 is 2. The number of hydrogen-bond donors (Lipinski definition) is 0. The van der Waals surface area contributed by atoms with Crippen LogP contribution >= 0.6 is 0 Å². The van der Waals surface area contributed by atoms with Gasteiger partial charge in [-0.05, 0) is 30.7 Å². The fraction of sp³-hybridized carbons (Fsp3) is 0.214. The Hall–Kier alpha value is -2.43. The first-order chi connectivity index (χ1) is 9.15. The van der Waals surface area contributed by atoms with Crippen LogP contribution in [0.5, 0.6) is 11.8 Å². The summed E-state index contributed by atoms with van der Waals surface area (Å²) in [6.07, 6.45) is 3.24. The molecule has 0 radical (unpaired) electrons. The van der Waals surface area contributed by atoms with Crippen molar-refractivity contribution in [1.82, 2.24) is 9.97 Å². The summed E-state index contributed by atoms with van der Waals surface area (Å²) in [6.45, 7) is 1.52. The fourth-order valence-electron chi connectivity index (χ4n) is 1.76. The van der Waals surface area contributed by atoms with Crippen molar-refractivity contribution in [2.24, 2.45) is 0 Å². The Balaban J connectivity index is 2.54. The van der Waals surface area contributed by atoms with Crippen molar-refractivity contribution < 1.29 is 14.3 Å². The summed E-state index contributed by atoms with van der Waals surface area (Å²) < 4.78 is 10.1. The maximum absolute atomic E-state index is 11.7. The summed E-state index contributed by atoms with van der Waals surface area (Å²) in [5.41, 5.74) is 2.09. The van der Waals surface area contributed by atoms with Crippen LogP contribution in [0.1, 0.15) is 17.3 Å². The van der Waals surface area contributed by atoms with E-state index in [0.29, 0.717) is 11.3 Å². The third-order valence-electron chi connectivity index (χ3n) is 2.73. The Bertz CT molecular complexity index is 594. The number of nitrogens with zero attached hydrogens (tertiary/aromatic N) is 2. The number of ketones is 1. The normalized spacial score (nSPS) is 10.1. The fourth-order valence-corrected chi connectivity index (χ4v) is 1.76. The molecule has 19 heavy (non-hydrogen) atoms. The number of hydrogen-bond acceptors (Lipinski definition) is 5. The predicted octanol–water partition coefficient (Wildman–Crippen LogP) is 2.36. The number of rotatable bonds is 4. The molecule has 0 aliphatic rings. The highest BCUT2D eigenvalue weighted by Gasteiger charge is 2.11. The highest BCUT2D eigenvalue weighted by Crippen LogP contribution is 2.28. The van der Waals surface area contributed by atoms with Crippen molar-refractivity contribution >= 4 is 5.78 Å². The Labute approximate surface area is 111 Å². The molecular weight excluding hydrogens is 244 g/mol. The van der Waals surface area contributed by atoms with E-state index in [-0.39, 0.29) is 11.8 Å². The molecule has 0 N–H and O–H groups in total. The molecule has 0 spiro atoms. The van der Waals surface area contributed by atoms with E-state index in [4.69, 9.17) is 9.47 Å². The smallest absolute Gasteiger partial charge is 0.316 e. The lowest BCUT2D eigenvalue weighted by molar-refractivity contribution is 0.101. The lowest BCUT2D eigenvalue weighted by atomic mass is 9.99. The molecule has 0 amide bonds. The average molecular weight is 258 g/mol. The summed E-state index contributed by atoms with van der Waals surface area (Å²) in [6, 6.07) is 5.57. The Morgan fingerprint density at radius 3 is 2.32 bits per heavy atom. The molecule has 0 bridgehead atoms. The molecule has 0 unspecified atom stereocenters. The van der Waals surface area contributed by atoms with Gasteiger partial charge in [0.1, 0.15) is 5.75 Å². The van der Waals surface area contributed by atoms with E-state index in [1.54, 1.807) is 37.7 Å². The van der Waals surface area contributed by atoms with E-state index in [2.05, 4.69) is 9.97 Å². The molecule has 0 atom stereocenters. The maximum Gasteiger partial charge on any atom is 0.316 e. The van der Waals surface area contributed by atoms with Gasteiger partial charge in [-0.1, -0.05) is 0 Å². The van der Waals surface area contributed by atoms with Crippen molar-refractivity contribution in [1.29, 1.82) is 0 Å². The standard InChI is InChI=1S/C14H14N2O3/c1-9(17)12-5-4-11(18-2)6-13(12)10-7-15-14(19-3)16-8-10/h4-8H,1-3H3. The Morgan fingerprint density at radius 2 is 1.79 bits per heavy atom. The van der Waals surface area contributed by atoms with Crippen LogP contribution in [0.4, 0.5) is 0 Å². The molecule has 5 nitrogen and oxygen atoms in total. The monoisotopic (exact) mass is 258 g/mol. The summed E-state index contributed by atoms with van der Waals surface area (Å²) in [5.74, 6) is 0.657. The van der Waals surface area contributed by atoms with Crippen LogP contribution in [0, 0.1) is 0 Å². The molecule has 0 saturated carbocycles.